The average Bonchev–Trinajstić information content (AvgIpc) is 3.09. The van der Waals surface area contributed by atoms with Gasteiger partial charge in [-0.05, 0) is 58.4 Å². The molecular formula is C38H42Cl2F6N4O7S2Zn. The molecule has 0 atom stereocenters. The molecule has 5 rings (SSSR count). The third kappa shape index (κ3) is 15.5. The van der Waals surface area contributed by atoms with Gasteiger partial charge >= 0.3 is 30.5 Å². The van der Waals surface area contributed by atoms with Crippen molar-refractivity contribution in [2.75, 3.05) is 10.7 Å². The molecular weight excluding hydrogens is 939 g/mol. The Bertz CT molecular complexity index is 2250. The second-order valence-corrected chi connectivity index (χ2v) is 18.6. The fourth-order valence-corrected chi connectivity index (χ4v) is 5.00. The summed E-state index contributed by atoms with van der Waals surface area (Å²) in [5.41, 5.74) is -3.35. The van der Waals surface area contributed by atoms with Gasteiger partial charge in [-0.2, -0.15) is 26.3 Å². The number of halogens is 8. The standard InChI is InChI=1S/C35H40N4O.CH2Cl2.2CHF3O3S.Zn/c1-33(2,3)23-17-27-31(29(19-23)38-21-25-13-9-11-15-36-25)40-32-28(35(27,7)8)18-24(34(4,5)6)20-30(32)39-22-26-14-10-12-16-37-26;2-1-3;2*2-1(3,4)8(5,6)7;/h9-21,39H,22H2,1-8H3;1H2;2*(H,5,6,7);/q;;;;+2/p-2. The maximum Gasteiger partial charge on any atom is 2.00 e. The van der Waals surface area contributed by atoms with Gasteiger partial charge in [-0.25, -0.2) is 16.8 Å². The van der Waals surface area contributed by atoms with Crippen molar-refractivity contribution in [2.45, 2.75) is 89.2 Å². The first-order valence-electron chi connectivity index (χ1n) is 17.1. The van der Waals surface area contributed by atoms with Crippen molar-refractivity contribution >= 4 is 61.0 Å². The van der Waals surface area contributed by atoms with Crippen molar-refractivity contribution in [3.8, 4) is 11.5 Å². The summed E-state index contributed by atoms with van der Waals surface area (Å²) in [5, 5.41) is 3.84. The molecule has 0 aliphatic carbocycles. The zero-order valence-corrected chi connectivity index (χ0v) is 39.8. The van der Waals surface area contributed by atoms with Gasteiger partial charge in [-0.3, -0.25) is 15.0 Å². The van der Waals surface area contributed by atoms with Gasteiger partial charge in [-0.15, -0.1) is 23.2 Å². The third-order valence-electron chi connectivity index (χ3n) is 8.22. The molecule has 1 aliphatic heterocycles. The number of anilines is 1. The number of ether oxygens (including phenoxy) is 1. The van der Waals surface area contributed by atoms with Crippen LogP contribution in [0.4, 0.5) is 37.7 Å². The van der Waals surface area contributed by atoms with Gasteiger partial charge in [0, 0.05) is 28.9 Å². The van der Waals surface area contributed by atoms with E-state index in [1.807, 2.05) is 48.8 Å². The van der Waals surface area contributed by atoms with Crippen molar-refractivity contribution in [3.63, 3.8) is 0 Å². The van der Waals surface area contributed by atoms with Crippen molar-refractivity contribution in [3.05, 3.63) is 107 Å². The molecule has 4 aromatic rings. The molecule has 0 saturated carbocycles. The normalized spacial score (nSPS) is 13.6. The smallest absolute Gasteiger partial charge is 0.741 e. The number of rotatable bonds is 5. The Kier molecular flexibility index (Phi) is 19.2. The van der Waals surface area contributed by atoms with Crippen LogP contribution in [0.25, 0.3) is 0 Å². The number of hydrogen-bond donors (Lipinski definition) is 1. The Morgan fingerprint density at radius 3 is 1.58 bits per heavy atom. The third-order valence-corrected chi connectivity index (χ3v) is 9.35. The molecule has 60 heavy (non-hydrogen) atoms. The van der Waals surface area contributed by atoms with E-state index in [2.05, 4.69) is 94.9 Å². The molecule has 0 spiro atoms. The minimum Gasteiger partial charge on any atom is -0.741 e. The Hall–Kier alpha value is -3.39. The van der Waals surface area contributed by atoms with Gasteiger partial charge in [0.05, 0.1) is 35.2 Å². The van der Waals surface area contributed by atoms with Crippen LogP contribution in [0.1, 0.15) is 89.0 Å². The molecule has 3 heterocycles. The molecule has 0 radical (unpaired) electrons. The molecule has 22 heteroatoms. The number of hydrogen-bond acceptors (Lipinski definition) is 11. The number of aromatic nitrogens is 2. The Labute approximate surface area is 368 Å². The van der Waals surface area contributed by atoms with Gasteiger partial charge in [0.2, 0.25) is 0 Å². The summed E-state index contributed by atoms with van der Waals surface area (Å²) < 4.78 is 125. The minimum atomic E-state index is -6.09. The van der Waals surface area contributed by atoms with Gasteiger partial charge in [0.25, 0.3) is 0 Å². The summed E-state index contributed by atoms with van der Waals surface area (Å²) in [6, 6.07) is 20.8. The number of alkyl halides is 8. The summed E-state index contributed by atoms with van der Waals surface area (Å²) >= 11 is 9.53. The van der Waals surface area contributed by atoms with Gasteiger partial charge in [0.1, 0.15) is 5.69 Å². The number of fused-ring (bicyclic) bond motifs is 2. The molecule has 0 unspecified atom stereocenters. The summed E-state index contributed by atoms with van der Waals surface area (Å²) in [6.07, 6.45) is 5.42. The fourth-order valence-electron chi connectivity index (χ4n) is 5.00. The Morgan fingerprint density at radius 2 is 1.18 bits per heavy atom. The summed E-state index contributed by atoms with van der Waals surface area (Å²) in [5.74, 6) is 1.64. The maximum absolute atomic E-state index is 10.7. The molecule has 326 valence electrons. The number of aliphatic imine (C=N–C) groups is 1. The molecule has 0 bridgehead atoms. The van der Waals surface area contributed by atoms with Crippen molar-refractivity contribution < 1.29 is 76.5 Å². The van der Waals surface area contributed by atoms with Gasteiger partial charge in [-0.1, -0.05) is 79.7 Å². The van der Waals surface area contributed by atoms with Crippen LogP contribution in [0, 0.1) is 0 Å². The van der Waals surface area contributed by atoms with E-state index >= 15 is 0 Å². The second kappa shape index (κ2) is 21.1. The largest absolute Gasteiger partial charge is 2.00 e. The Morgan fingerprint density at radius 1 is 0.750 bits per heavy atom. The maximum atomic E-state index is 10.7. The van der Waals surface area contributed by atoms with E-state index in [1.165, 1.54) is 16.7 Å². The van der Waals surface area contributed by atoms with E-state index < -0.39 is 31.3 Å². The SMILES string of the molecule is CC(C)(C)c1cc(N=Cc2ccccn2)c2c(c1)C(C)(C)c1cc(C(C)(C)C)cc(NCc3ccccn3)c1O2.ClCCl.O=S(=O)([O-])C(F)(F)F.O=S(=O)([O-])C(F)(F)F.[Zn+2]. The first-order valence-corrected chi connectivity index (χ1v) is 20.9. The van der Waals surface area contributed by atoms with Crippen LogP contribution in [0.3, 0.4) is 0 Å². The number of benzene rings is 2. The van der Waals surface area contributed by atoms with Crippen LogP contribution in [0.5, 0.6) is 11.5 Å². The second-order valence-electron chi connectivity index (χ2n) is 15.1. The van der Waals surface area contributed by atoms with E-state index in [0.29, 0.717) is 6.54 Å². The van der Waals surface area contributed by atoms with Crippen molar-refractivity contribution in [2.24, 2.45) is 4.99 Å². The van der Waals surface area contributed by atoms with Gasteiger partial charge < -0.3 is 19.2 Å². The molecule has 2 aromatic heterocycles. The number of pyridine rings is 2. The van der Waals surface area contributed by atoms with E-state index in [4.69, 9.17) is 58.9 Å². The zero-order valence-electron chi connectivity index (χ0n) is 33.7. The zero-order chi connectivity index (χ0) is 45.4. The predicted octanol–water partition coefficient (Wildman–Crippen LogP) is 10.4. The molecule has 11 nitrogen and oxygen atoms in total. The molecule has 1 N–H and O–H groups in total. The van der Waals surface area contributed by atoms with E-state index in [9.17, 15) is 26.3 Å². The van der Waals surface area contributed by atoms with Crippen LogP contribution in [-0.2, 0) is 62.5 Å². The molecule has 0 fully saturated rings. The van der Waals surface area contributed by atoms with E-state index in [-0.39, 0.29) is 41.1 Å². The molecule has 0 saturated heterocycles. The number of nitrogens with one attached hydrogen (secondary N) is 1. The summed E-state index contributed by atoms with van der Waals surface area (Å²) in [4.78, 5) is 13.9. The topological polar surface area (TPSA) is 174 Å². The van der Waals surface area contributed by atoms with E-state index in [0.717, 1.165) is 39.8 Å². The van der Waals surface area contributed by atoms with Crippen LogP contribution in [0.15, 0.2) is 78.0 Å². The first kappa shape index (κ1) is 54.6. The van der Waals surface area contributed by atoms with Crippen molar-refractivity contribution in [1.82, 2.24) is 9.97 Å². The quantitative estimate of drug-likeness (QED) is 0.0506. The average molecular weight is 981 g/mol. The predicted molar refractivity (Wildman–Crippen MR) is 214 cm³/mol. The van der Waals surface area contributed by atoms with Crippen LogP contribution in [-0.4, -0.2) is 58.5 Å². The molecule has 2 aromatic carbocycles. The van der Waals surface area contributed by atoms with Crippen LogP contribution < -0.4 is 10.1 Å². The summed E-state index contributed by atoms with van der Waals surface area (Å²) in [7, 11) is -12.2. The van der Waals surface area contributed by atoms with Crippen LogP contribution in [0.2, 0.25) is 0 Å². The van der Waals surface area contributed by atoms with Crippen LogP contribution >= 0.6 is 23.2 Å². The van der Waals surface area contributed by atoms with Crippen molar-refractivity contribution in [1.29, 1.82) is 0 Å². The molecule has 1 aliphatic rings. The monoisotopic (exact) mass is 978 g/mol. The fraction of sp³-hybridized carbons (Fsp3) is 0.395. The van der Waals surface area contributed by atoms with Gasteiger partial charge in [0.15, 0.2) is 31.7 Å². The first-order chi connectivity index (χ1) is 26.8. The summed E-state index contributed by atoms with van der Waals surface area (Å²) in [6.45, 7) is 18.7. The van der Waals surface area contributed by atoms with E-state index in [1.54, 1.807) is 6.20 Å². The molecule has 0 amide bonds. The Balaban J connectivity index is 0.000000751. The number of nitrogens with zero attached hydrogens (tertiary/aromatic N) is 3. The minimum absolute atomic E-state index is 0.